The zero-order chi connectivity index (χ0) is 19.8. The number of anilines is 1. The van der Waals surface area contributed by atoms with Gasteiger partial charge in [-0.1, -0.05) is 42.5 Å². The van der Waals surface area contributed by atoms with Gasteiger partial charge in [-0.15, -0.1) is 0 Å². The molecule has 1 aliphatic heterocycles. The number of carbonyl (C=O) groups is 2. The Morgan fingerprint density at radius 2 is 1.46 bits per heavy atom. The van der Waals surface area contributed by atoms with E-state index in [0.29, 0.717) is 19.5 Å². The van der Waals surface area contributed by atoms with E-state index in [4.69, 9.17) is 0 Å². The molecule has 0 atom stereocenters. The second-order valence-electron chi connectivity index (χ2n) is 7.13. The minimum Gasteiger partial charge on any atom is -0.369 e. The van der Waals surface area contributed by atoms with Gasteiger partial charge in [-0.25, -0.2) is 0 Å². The van der Waals surface area contributed by atoms with Gasteiger partial charge in [-0.2, -0.15) is 0 Å². The minimum atomic E-state index is -0.603. The number of amides is 2. The number of nitrogens with zero attached hydrogens (tertiary/aromatic N) is 2. The molecule has 28 heavy (non-hydrogen) atoms. The van der Waals surface area contributed by atoms with E-state index in [1.54, 1.807) is 0 Å². The van der Waals surface area contributed by atoms with Gasteiger partial charge in [-0.05, 0) is 36.7 Å². The molecule has 2 aromatic carbocycles. The summed E-state index contributed by atoms with van der Waals surface area (Å²) in [6.45, 7) is 5.04. The molecule has 3 rings (SSSR count). The molecule has 2 amide bonds. The summed E-state index contributed by atoms with van der Waals surface area (Å²) >= 11 is 0. The Balaban J connectivity index is 1.38. The molecule has 0 aromatic heterocycles. The molecule has 148 valence electrons. The van der Waals surface area contributed by atoms with Crippen molar-refractivity contribution in [3.63, 3.8) is 0 Å². The lowest BCUT2D eigenvalue weighted by atomic mass is 10.1. The van der Waals surface area contributed by atoms with E-state index in [2.05, 4.69) is 51.7 Å². The van der Waals surface area contributed by atoms with Gasteiger partial charge in [0, 0.05) is 45.0 Å². The fourth-order valence-electron chi connectivity index (χ4n) is 3.20. The summed E-state index contributed by atoms with van der Waals surface area (Å²) in [6.07, 6.45) is 0.695. The molecule has 0 saturated carbocycles. The summed E-state index contributed by atoms with van der Waals surface area (Å²) < 4.78 is 0. The van der Waals surface area contributed by atoms with Gasteiger partial charge >= 0.3 is 11.8 Å². The van der Waals surface area contributed by atoms with Crippen molar-refractivity contribution in [3.8, 4) is 0 Å². The van der Waals surface area contributed by atoms with Gasteiger partial charge in [0.2, 0.25) is 0 Å². The second-order valence-corrected chi connectivity index (χ2v) is 7.13. The standard InChI is InChI=1S/C22H28N4O2/c1-25-13-15-26(16-14-25)20-9-7-18(8-10-20)11-12-23-21(27)22(28)24-17-19-5-3-2-4-6-19/h2-10H,11-17H2,1H3,(H,23,27)(H,24,28). The van der Waals surface area contributed by atoms with Crippen LogP contribution in [0.2, 0.25) is 0 Å². The van der Waals surface area contributed by atoms with E-state index in [0.717, 1.165) is 37.3 Å². The van der Waals surface area contributed by atoms with Crippen LogP contribution in [0, 0.1) is 0 Å². The maximum atomic E-state index is 11.9. The summed E-state index contributed by atoms with van der Waals surface area (Å²) in [5.41, 5.74) is 3.34. The fraction of sp³-hybridized carbons (Fsp3) is 0.364. The third-order valence-electron chi connectivity index (χ3n) is 5.01. The predicted molar refractivity (Wildman–Crippen MR) is 111 cm³/mol. The van der Waals surface area contributed by atoms with Crippen LogP contribution < -0.4 is 15.5 Å². The Bertz CT molecular complexity index is 769. The van der Waals surface area contributed by atoms with Crippen LogP contribution in [0.15, 0.2) is 54.6 Å². The van der Waals surface area contributed by atoms with Gasteiger partial charge in [0.15, 0.2) is 0 Å². The van der Waals surface area contributed by atoms with Crippen molar-refractivity contribution >= 4 is 17.5 Å². The second kappa shape index (κ2) is 9.90. The fourth-order valence-corrected chi connectivity index (χ4v) is 3.20. The average molecular weight is 380 g/mol. The van der Waals surface area contributed by atoms with E-state index in [9.17, 15) is 9.59 Å². The first-order chi connectivity index (χ1) is 13.6. The summed E-state index contributed by atoms with van der Waals surface area (Å²) in [5.74, 6) is -1.20. The van der Waals surface area contributed by atoms with Crippen LogP contribution in [-0.4, -0.2) is 56.5 Å². The number of hydrogen-bond acceptors (Lipinski definition) is 4. The highest BCUT2D eigenvalue weighted by Crippen LogP contribution is 2.17. The van der Waals surface area contributed by atoms with Crippen molar-refractivity contribution in [2.24, 2.45) is 0 Å². The highest BCUT2D eigenvalue weighted by Gasteiger charge is 2.14. The summed E-state index contributed by atoms with van der Waals surface area (Å²) in [4.78, 5) is 28.5. The zero-order valence-corrected chi connectivity index (χ0v) is 16.4. The summed E-state index contributed by atoms with van der Waals surface area (Å²) in [5, 5.41) is 5.32. The molecule has 1 aliphatic rings. The molecule has 2 N–H and O–H groups in total. The summed E-state index contributed by atoms with van der Waals surface area (Å²) in [7, 11) is 2.15. The van der Waals surface area contributed by atoms with E-state index < -0.39 is 11.8 Å². The number of carbonyl (C=O) groups excluding carboxylic acids is 2. The molecule has 0 unspecified atom stereocenters. The minimum absolute atomic E-state index is 0.348. The third-order valence-corrected chi connectivity index (χ3v) is 5.01. The molecule has 0 radical (unpaired) electrons. The smallest absolute Gasteiger partial charge is 0.309 e. The molecular weight excluding hydrogens is 352 g/mol. The molecule has 1 saturated heterocycles. The van der Waals surface area contributed by atoms with Crippen LogP contribution in [0.1, 0.15) is 11.1 Å². The zero-order valence-electron chi connectivity index (χ0n) is 16.4. The lowest BCUT2D eigenvalue weighted by Gasteiger charge is -2.34. The maximum absolute atomic E-state index is 11.9. The molecule has 1 fully saturated rings. The number of rotatable bonds is 6. The number of benzene rings is 2. The Morgan fingerprint density at radius 1 is 0.821 bits per heavy atom. The monoisotopic (exact) mass is 380 g/mol. The van der Waals surface area contributed by atoms with Crippen LogP contribution in [0.25, 0.3) is 0 Å². The van der Waals surface area contributed by atoms with E-state index in [-0.39, 0.29) is 0 Å². The lowest BCUT2D eigenvalue weighted by molar-refractivity contribution is -0.139. The predicted octanol–water partition coefficient (Wildman–Crippen LogP) is 1.41. The van der Waals surface area contributed by atoms with Crippen molar-refractivity contribution in [3.05, 3.63) is 65.7 Å². The quantitative estimate of drug-likeness (QED) is 0.744. The van der Waals surface area contributed by atoms with Gasteiger partial charge in [-0.3, -0.25) is 9.59 Å². The van der Waals surface area contributed by atoms with E-state index in [1.165, 1.54) is 5.69 Å². The van der Waals surface area contributed by atoms with Gasteiger partial charge in [0.05, 0.1) is 0 Å². The molecule has 0 bridgehead atoms. The molecular formula is C22H28N4O2. The average Bonchev–Trinajstić information content (AvgIpc) is 2.74. The Labute approximate surface area is 166 Å². The van der Waals surface area contributed by atoms with Crippen molar-refractivity contribution in [1.29, 1.82) is 0 Å². The molecule has 6 heteroatoms. The normalized spacial score (nSPS) is 14.5. The SMILES string of the molecule is CN1CCN(c2ccc(CCNC(=O)C(=O)NCc3ccccc3)cc2)CC1. The van der Waals surface area contributed by atoms with Gasteiger partial charge < -0.3 is 20.4 Å². The maximum Gasteiger partial charge on any atom is 0.309 e. The Morgan fingerprint density at radius 3 is 2.14 bits per heavy atom. The van der Waals surface area contributed by atoms with Gasteiger partial charge in [0.25, 0.3) is 0 Å². The molecule has 2 aromatic rings. The third kappa shape index (κ3) is 5.82. The van der Waals surface area contributed by atoms with E-state index in [1.807, 2.05) is 30.3 Å². The molecule has 0 spiro atoms. The van der Waals surface area contributed by atoms with Crippen LogP contribution in [0.3, 0.4) is 0 Å². The summed E-state index contributed by atoms with van der Waals surface area (Å²) in [6, 6.07) is 18.0. The van der Waals surface area contributed by atoms with E-state index >= 15 is 0 Å². The van der Waals surface area contributed by atoms with Crippen LogP contribution >= 0.6 is 0 Å². The molecule has 1 heterocycles. The first-order valence-corrected chi connectivity index (χ1v) is 9.74. The molecule has 0 aliphatic carbocycles. The van der Waals surface area contributed by atoms with Crippen molar-refractivity contribution < 1.29 is 9.59 Å². The topological polar surface area (TPSA) is 64.7 Å². The highest BCUT2D eigenvalue weighted by molar-refractivity contribution is 6.35. The number of likely N-dealkylation sites (N-methyl/N-ethyl adjacent to an activating group) is 1. The van der Waals surface area contributed by atoms with Crippen molar-refractivity contribution in [2.45, 2.75) is 13.0 Å². The lowest BCUT2D eigenvalue weighted by Crippen LogP contribution is -2.44. The first-order valence-electron chi connectivity index (χ1n) is 9.74. The molecule has 6 nitrogen and oxygen atoms in total. The van der Waals surface area contributed by atoms with Crippen molar-refractivity contribution in [2.75, 3.05) is 44.7 Å². The Kier molecular flexibility index (Phi) is 7.03. The van der Waals surface area contributed by atoms with Crippen LogP contribution in [0.4, 0.5) is 5.69 Å². The highest BCUT2D eigenvalue weighted by atomic mass is 16.2. The van der Waals surface area contributed by atoms with Crippen LogP contribution in [0.5, 0.6) is 0 Å². The Hall–Kier alpha value is -2.86. The van der Waals surface area contributed by atoms with Gasteiger partial charge in [0.1, 0.15) is 0 Å². The largest absolute Gasteiger partial charge is 0.369 e. The van der Waals surface area contributed by atoms with Crippen molar-refractivity contribution in [1.82, 2.24) is 15.5 Å². The van der Waals surface area contributed by atoms with Crippen LogP contribution in [-0.2, 0) is 22.6 Å². The number of nitrogens with one attached hydrogen (secondary N) is 2. The first kappa shape index (κ1) is 19.9. The number of hydrogen-bond donors (Lipinski definition) is 2. The number of piperazine rings is 1.